The van der Waals surface area contributed by atoms with Gasteiger partial charge >= 0.3 is 11.9 Å². The Morgan fingerprint density at radius 3 is 2.78 bits per heavy atom. The molecule has 0 saturated heterocycles. The SMILES string of the molecule is COC(=O)C(Cl)c1ccc2[nH]cc(C(=O)O)c2c1. The first-order valence-electron chi connectivity index (χ1n) is 5.11. The first kappa shape index (κ1) is 12.4. The minimum absolute atomic E-state index is 0.139. The van der Waals surface area contributed by atoms with Crippen LogP contribution in [0.4, 0.5) is 0 Å². The molecular formula is C12H10ClNO4. The lowest BCUT2D eigenvalue weighted by molar-refractivity contribution is -0.140. The van der Waals surface area contributed by atoms with E-state index in [2.05, 4.69) is 9.72 Å². The number of benzene rings is 1. The second-order valence-corrected chi connectivity index (χ2v) is 4.13. The van der Waals surface area contributed by atoms with Gasteiger partial charge in [-0.1, -0.05) is 6.07 Å². The second-order valence-electron chi connectivity index (χ2n) is 3.70. The fraction of sp³-hybridized carbons (Fsp3) is 0.167. The molecule has 0 fully saturated rings. The third-order valence-corrected chi connectivity index (χ3v) is 3.07. The van der Waals surface area contributed by atoms with Crippen molar-refractivity contribution in [2.75, 3.05) is 7.11 Å². The number of hydrogen-bond donors (Lipinski definition) is 2. The van der Waals surface area contributed by atoms with Gasteiger partial charge in [0, 0.05) is 17.1 Å². The number of alkyl halides is 1. The molecule has 0 radical (unpaired) electrons. The smallest absolute Gasteiger partial charge is 0.337 e. The number of methoxy groups -OCH3 is 1. The molecule has 1 heterocycles. The molecule has 18 heavy (non-hydrogen) atoms. The number of aromatic amines is 1. The van der Waals surface area contributed by atoms with Crippen molar-refractivity contribution in [3.8, 4) is 0 Å². The van der Waals surface area contributed by atoms with Crippen LogP contribution in [0.25, 0.3) is 10.9 Å². The number of nitrogens with one attached hydrogen (secondary N) is 1. The molecule has 0 aliphatic carbocycles. The van der Waals surface area contributed by atoms with E-state index in [0.29, 0.717) is 16.5 Å². The number of H-pyrrole nitrogens is 1. The van der Waals surface area contributed by atoms with Crippen LogP contribution in [0.5, 0.6) is 0 Å². The van der Waals surface area contributed by atoms with Crippen LogP contribution >= 0.6 is 11.6 Å². The Balaban J connectivity index is 2.51. The molecule has 1 atom stereocenters. The van der Waals surface area contributed by atoms with Gasteiger partial charge in [0.1, 0.15) is 0 Å². The zero-order valence-electron chi connectivity index (χ0n) is 9.44. The number of carboxylic acids is 1. The Bertz CT molecular complexity index is 620. The highest BCUT2D eigenvalue weighted by Gasteiger charge is 2.20. The second kappa shape index (κ2) is 4.70. The highest BCUT2D eigenvalue weighted by Crippen LogP contribution is 2.27. The van der Waals surface area contributed by atoms with E-state index in [-0.39, 0.29) is 5.56 Å². The average molecular weight is 268 g/mol. The molecule has 1 aromatic carbocycles. The molecule has 0 spiro atoms. The highest BCUT2D eigenvalue weighted by atomic mass is 35.5. The summed E-state index contributed by atoms with van der Waals surface area (Å²) >= 11 is 5.92. The lowest BCUT2D eigenvalue weighted by Crippen LogP contribution is -2.08. The van der Waals surface area contributed by atoms with Gasteiger partial charge in [0.05, 0.1) is 12.7 Å². The van der Waals surface area contributed by atoms with Gasteiger partial charge in [-0.3, -0.25) is 4.79 Å². The number of fused-ring (bicyclic) bond motifs is 1. The Kier molecular flexibility index (Phi) is 3.25. The maximum atomic E-state index is 11.3. The molecule has 1 unspecified atom stereocenters. The summed E-state index contributed by atoms with van der Waals surface area (Å²) in [6.45, 7) is 0. The summed E-state index contributed by atoms with van der Waals surface area (Å²) in [6, 6.07) is 4.90. The lowest BCUT2D eigenvalue weighted by Gasteiger charge is -2.07. The number of carbonyl (C=O) groups is 2. The normalized spacial score (nSPS) is 12.3. The van der Waals surface area contributed by atoms with Crippen molar-refractivity contribution in [1.82, 2.24) is 4.98 Å². The van der Waals surface area contributed by atoms with Crippen LogP contribution in [0, 0.1) is 0 Å². The zero-order chi connectivity index (χ0) is 13.3. The quantitative estimate of drug-likeness (QED) is 0.661. The highest BCUT2D eigenvalue weighted by molar-refractivity contribution is 6.30. The van der Waals surface area contributed by atoms with Crippen molar-refractivity contribution in [2.24, 2.45) is 0 Å². The number of carbonyl (C=O) groups excluding carboxylic acids is 1. The molecule has 6 heteroatoms. The minimum atomic E-state index is -1.04. The van der Waals surface area contributed by atoms with E-state index >= 15 is 0 Å². The molecule has 1 aromatic heterocycles. The van der Waals surface area contributed by atoms with Gasteiger partial charge in [-0.05, 0) is 17.7 Å². The van der Waals surface area contributed by atoms with Gasteiger partial charge in [-0.25, -0.2) is 4.79 Å². The Labute approximate surface area is 107 Å². The molecule has 94 valence electrons. The molecule has 2 aromatic rings. The number of carboxylic acid groups (broad SMARTS) is 1. The summed E-state index contributed by atoms with van der Waals surface area (Å²) in [4.78, 5) is 25.2. The molecule has 5 nitrogen and oxygen atoms in total. The van der Waals surface area contributed by atoms with E-state index in [9.17, 15) is 9.59 Å². The van der Waals surface area contributed by atoms with Crippen LogP contribution in [0.3, 0.4) is 0 Å². The number of halogens is 1. The third kappa shape index (κ3) is 2.04. The number of esters is 1. The maximum absolute atomic E-state index is 11.3. The van der Waals surface area contributed by atoms with Crippen LogP contribution in [0.2, 0.25) is 0 Å². The van der Waals surface area contributed by atoms with Crippen molar-refractivity contribution in [2.45, 2.75) is 5.38 Å². The molecule has 0 amide bonds. The van der Waals surface area contributed by atoms with Gasteiger partial charge in [-0.15, -0.1) is 11.6 Å². The summed E-state index contributed by atoms with van der Waals surface area (Å²) in [5.74, 6) is -1.62. The van der Waals surface area contributed by atoms with Crippen LogP contribution in [0.1, 0.15) is 21.3 Å². The Morgan fingerprint density at radius 2 is 2.17 bits per heavy atom. The molecule has 0 saturated carbocycles. The molecular weight excluding hydrogens is 258 g/mol. The Hall–Kier alpha value is -2.01. The van der Waals surface area contributed by atoms with Crippen LogP contribution in [-0.4, -0.2) is 29.1 Å². The Morgan fingerprint density at radius 1 is 1.44 bits per heavy atom. The minimum Gasteiger partial charge on any atom is -0.478 e. The number of aromatic nitrogens is 1. The summed E-state index contributed by atoms with van der Waals surface area (Å²) in [6.07, 6.45) is 1.40. The van der Waals surface area contributed by atoms with E-state index in [1.807, 2.05) is 0 Å². The summed E-state index contributed by atoms with van der Waals surface area (Å²) in [5.41, 5.74) is 1.31. The fourth-order valence-electron chi connectivity index (χ4n) is 1.71. The zero-order valence-corrected chi connectivity index (χ0v) is 10.2. The number of ether oxygens (including phenoxy) is 1. The van der Waals surface area contributed by atoms with Crippen molar-refractivity contribution in [3.63, 3.8) is 0 Å². The van der Waals surface area contributed by atoms with E-state index in [1.165, 1.54) is 13.3 Å². The average Bonchev–Trinajstić information content (AvgIpc) is 2.79. The van der Waals surface area contributed by atoms with Crippen LogP contribution < -0.4 is 0 Å². The van der Waals surface area contributed by atoms with Gasteiger partial charge in [0.15, 0.2) is 5.38 Å². The van der Waals surface area contributed by atoms with Gasteiger partial charge < -0.3 is 14.8 Å². The van der Waals surface area contributed by atoms with E-state index in [0.717, 1.165) is 0 Å². The van der Waals surface area contributed by atoms with E-state index in [1.54, 1.807) is 18.2 Å². The van der Waals surface area contributed by atoms with Crippen molar-refractivity contribution in [3.05, 3.63) is 35.5 Å². The molecule has 0 aliphatic heterocycles. The van der Waals surface area contributed by atoms with E-state index < -0.39 is 17.3 Å². The third-order valence-electron chi connectivity index (χ3n) is 2.64. The number of rotatable bonds is 3. The standard InChI is InChI=1S/C12H10ClNO4/c1-18-12(17)10(13)6-2-3-9-7(4-6)8(5-14-9)11(15)16/h2-5,10,14H,1H3,(H,15,16). The van der Waals surface area contributed by atoms with Gasteiger partial charge in [0.2, 0.25) is 0 Å². The molecule has 2 rings (SSSR count). The topological polar surface area (TPSA) is 79.4 Å². The summed E-state index contributed by atoms with van der Waals surface area (Å²) in [7, 11) is 1.25. The van der Waals surface area contributed by atoms with Gasteiger partial charge in [0.25, 0.3) is 0 Å². The predicted molar refractivity (Wildman–Crippen MR) is 65.9 cm³/mol. The van der Waals surface area contributed by atoms with E-state index in [4.69, 9.17) is 16.7 Å². The monoisotopic (exact) mass is 267 g/mol. The van der Waals surface area contributed by atoms with Crippen molar-refractivity contribution >= 4 is 34.4 Å². The number of aromatic carboxylic acids is 1. The summed E-state index contributed by atoms with van der Waals surface area (Å²) < 4.78 is 4.54. The maximum Gasteiger partial charge on any atom is 0.337 e. The van der Waals surface area contributed by atoms with Crippen molar-refractivity contribution < 1.29 is 19.4 Å². The van der Waals surface area contributed by atoms with Crippen LogP contribution in [0.15, 0.2) is 24.4 Å². The van der Waals surface area contributed by atoms with Gasteiger partial charge in [-0.2, -0.15) is 0 Å². The summed E-state index contributed by atoms with van der Waals surface area (Å²) in [5, 5.41) is 8.57. The molecule has 0 aliphatic rings. The molecule has 0 bridgehead atoms. The van der Waals surface area contributed by atoms with Crippen LogP contribution in [-0.2, 0) is 9.53 Å². The first-order chi connectivity index (χ1) is 8.54. The van der Waals surface area contributed by atoms with Crippen molar-refractivity contribution in [1.29, 1.82) is 0 Å². The first-order valence-corrected chi connectivity index (χ1v) is 5.54. The fourth-order valence-corrected chi connectivity index (χ4v) is 1.94. The lowest BCUT2D eigenvalue weighted by atomic mass is 10.1. The molecule has 2 N–H and O–H groups in total. The number of hydrogen-bond acceptors (Lipinski definition) is 3. The predicted octanol–water partition coefficient (Wildman–Crippen LogP) is 2.32. The largest absolute Gasteiger partial charge is 0.478 e.